The van der Waals surface area contributed by atoms with Crippen LogP contribution >= 0.6 is 0 Å². The molecular formula is C20H21F5N6O2S. The highest BCUT2D eigenvalue weighted by Crippen LogP contribution is 2.35. The summed E-state index contributed by atoms with van der Waals surface area (Å²) in [7, 11) is -3.40. The molecule has 0 aliphatic carbocycles. The van der Waals surface area contributed by atoms with Crippen molar-refractivity contribution in [2.45, 2.75) is 25.4 Å². The number of imidazole rings is 1. The molecular weight excluding hydrogens is 483 g/mol. The predicted octanol–water partition coefficient (Wildman–Crippen LogP) is 3.51. The number of hydrogen-bond acceptors (Lipinski definition) is 6. The molecule has 34 heavy (non-hydrogen) atoms. The predicted molar refractivity (Wildman–Crippen MR) is 114 cm³/mol. The van der Waals surface area contributed by atoms with Gasteiger partial charge in [0.2, 0.25) is 10.0 Å². The molecule has 0 spiro atoms. The molecule has 3 aromatic heterocycles. The normalized spacial score (nSPS) is 17.6. The second-order valence-electron chi connectivity index (χ2n) is 8.14. The molecule has 3 aromatic rings. The zero-order valence-electron chi connectivity index (χ0n) is 17.9. The van der Waals surface area contributed by atoms with E-state index >= 15 is 0 Å². The van der Waals surface area contributed by atoms with Crippen molar-refractivity contribution >= 4 is 21.5 Å². The van der Waals surface area contributed by atoms with E-state index in [4.69, 9.17) is 0 Å². The van der Waals surface area contributed by atoms with Crippen molar-refractivity contribution in [2.75, 3.05) is 30.8 Å². The van der Waals surface area contributed by atoms with E-state index in [9.17, 15) is 30.4 Å². The van der Waals surface area contributed by atoms with Crippen LogP contribution in [-0.2, 0) is 16.2 Å². The van der Waals surface area contributed by atoms with Gasteiger partial charge in [-0.1, -0.05) is 0 Å². The van der Waals surface area contributed by atoms with Crippen LogP contribution in [0.4, 0.5) is 27.8 Å². The number of anilines is 1. The summed E-state index contributed by atoms with van der Waals surface area (Å²) in [6.45, 7) is 0.899. The van der Waals surface area contributed by atoms with Crippen molar-refractivity contribution in [3.05, 3.63) is 41.9 Å². The van der Waals surface area contributed by atoms with E-state index in [0.29, 0.717) is 25.9 Å². The molecule has 4 rings (SSSR count). The Morgan fingerprint density at radius 1 is 1.24 bits per heavy atom. The van der Waals surface area contributed by atoms with E-state index in [0.717, 1.165) is 22.9 Å². The lowest BCUT2D eigenvalue weighted by atomic mass is 9.98. The Bertz CT molecular complexity index is 1290. The number of aromatic nitrogens is 4. The highest BCUT2D eigenvalue weighted by Gasteiger charge is 2.34. The lowest BCUT2D eigenvalue weighted by Gasteiger charge is -2.34. The Hall–Kier alpha value is -2.87. The lowest BCUT2D eigenvalue weighted by Crippen LogP contribution is -2.41. The summed E-state index contributed by atoms with van der Waals surface area (Å²) in [4.78, 5) is 9.53. The van der Waals surface area contributed by atoms with Gasteiger partial charge in [-0.2, -0.15) is 18.3 Å². The van der Waals surface area contributed by atoms with Crippen molar-refractivity contribution in [3.8, 4) is 11.3 Å². The maximum absolute atomic E-state index is 13.7. The van der Waals surface area contributed by atoms with E-state index in [1.165, 1.54) is 18.3 Å². The summed E-state index contributed by atoms with van der Waals surface area (Å²) in [5.41, 5.74) is -1.29. The van der Waals surface area contributed by atoms with E-state index in [-0.39, 0.29) is 35.2 Å². The van der Waals surface area contributed by atoms with Gasteiger partial charge in [0.1, 0.15) is 17.2 Å². The second-order valence-corrected chi connectivity index (χ2v) is 9.98. The molecule has 184 valence electrons. The fourth-order valence-corrected chi connectivity index (χ4v) is 4.42. The van der Waals surface area contributed by atoms with E-state index in [1.807, 2.05) is 0 Å². The number of hydrogen-bond donors (Lipinski definition) is 1. The van der Waals surface area contributed by atoms with E-state index in [1.54, 1.807) is 4.90 Å². The van der Waals surface area contributed by atoms with Crippen LogP contribution in [0.15, 0.2) is 30.5 Å². The number of fused-ring (bicyclic) bond motifs is 1. The number of sulfonamides is 1. The largest absolute Gasteiger partial charge is 0.433 e. The molecule has 1 aliphatic heterocycles. The molecule has 1 atom stereocenters. The maximum atomic E-state index is 13.7. The molecule has 4 heterocycles. The van der Waals surface area contributed by atoms with Gasteiger partial charge in [0.05, 0.1) is 18.1 Å². The molecule has 0 bridgehead atoms. The average molecular weight is 504 g/mol. The van der Waals surface area contributed by atoms with Crippen LogP contribution in [0.5, 0.6) is 0 Å². The van der Waals surface area contributed by atoms with Crippen molar-refractivity contribution in [1.29, 1.82) is 0 Å². The van der Waals surface area contributed by atoms with E-state index < -0.39 is 34.0 Å². The zero-order valence-corrected chi connectivity index (χ0v) is 18.7. The van der Waals surface area contributed by atoms with Crippen molar-refractivity contribution in [2.24, 2.45) is 5.92 Å². The van der Waals surface area contributed by atoms with E-state index in [2.05, 4.69) is 19.8 Å². The molecule has 14 heteroatoms. The third kappa shape index (κ3) is 5.43. The van der Waals surface area contributed by atoms with Gasteiger partial charge in [0.25, 0.3) is 6.43 Å². The Balaban J connectivity index is 1.73. The fourth-order valence-electron chi connectivity index (χ4n) is 3.88. The highest BCUT2D eigenvalue weighted by atomic mass is 32.2. The topological polar surface area (TPSA) is 92.5 Å². The summed E-state index contributed by atoms with van der Waals surface area (Å²) >= 11 is 0. The molecule has 1 N–H and O–H groups in total. The average Bonchev–Trinajstić information content (AvgIpc) is 3.20. The Kier molecular flexibility index (Phi) is 6.46. The smallest absolute Gasteiger partial charge is 0.356 e. The fraction of sp³-hybridized carbons (Fsp3) is 0.450. The first-order chi connectivity index (χ1) is 15.9. The molecule has 8 nitrogen and oxygen atoms in total. The quantitative estimate of drug-likeness (QED) is 0.517. The minimum Gasteiger partial charge on any atom is -0.356 e. The van der Waals surface area contributed by atoms with Crippen LogP contribution in [-0.4, -0.2) is 53.9 Å². The van der Waals surface area contributed by atoms with Gasteiger partial charge in [-0.15, -0.1) is 0 Å². The van der Waals surface area contributed by atoms with Gasteiger partial charge in [-0.3, -0.25) is 0 Å². The maximum Gasteiger partial charge on any atom is 0.433 e. The summed E-state index contributed by atoms with van der Waals surface area (Å²) in [5.74, 6) is -0.0665. The van der Waals surface area contributed by atoms with Gasteiger partial charge in [0.15, 0.2) is 5.65 Å². The van der Waals surface area contributed by atoms with Crippen molar-refractivity contribution < 1.29 is 30.4 Å². The number of halogens is 5. The molecule has 0 aromatic carbocycles. The molecule has 1 aliphatic rings. The second kappa shape index (κ2) is 9.06. The minimum absolute atomic E-state index is 0.0499. The van der Waals surface area contributed by atoms with Gasteiger partial charge in [0, 0.05) is 25.2 Å². The Morgan fingerprint density at radius 3 is 2.68 bits per heavy atom. The van der Waals surface area contributed by atoms with Gasteiger partial charge < -0.3 is 4.90 Å². The summed E-state index contributed by atoms with van der Waals surface area (Å²) < 4.78 is 93.6. The van der Waals surface area contributed by atoms with Crippen LogP contribution in [0, 0.1) is 5.92 Å². The number of nitrogens with one attached hydrogen (secondary N) is 1. The minimum atomic E-state index is -4.75. The number of pyridine rings is 1. The molecule has 0 radical (unpaired) electrons. The van der Waals surface area contributed by atoms with Gasteiger partial charge in [-0.05, 0) is 43.0 Å². The number of alkyl halides is 5. The van der Waals surface area contributed by atoms with Gasteiger partial charge in [-0.25, -0.2) is 36.4 Å². The molecule has 0 amide bonds. The summed E-state index contributed by atoms with van der Waals surface area (Å²) in [5, 5.41) is 3.83. The SMILES string of the molecule is CS(=O)(=O)NCC1CCCN(c2cc(-c3cnc4ccc(C(F)F)nn34)cc(C(F)(F)F)n2)C1. The molecule has 1 fully saturated rings. The van der Waals surface area contributed by atoms with Crippen molar-refractivity contribution in [3.63, 3.8) is 0 Å². The number of rotatable bonds is 6. The van der Waals surface area contributed by atoms with Crippen LogP contribution in [0.3, 0.4) is 0 Å². The first-order valence-electron chi connectivity index (χ1n) is 10.3. The van der Waals surface area contributed by atoms with Crippen LogP contribution in [0.2, 0.25) is 0 Å². The summed E-state index contributed by atoms with van der Waals surface area (Å²) in [6.07, 6.45) is -3.95. The van der Waals surface area contributed by atoms with Crippen LogP contribution in [0.1, 0.15) is 30.7 Å². The summed E-state index contributed by atoms with van der Waals surface area (Å²) in [6, 6.07) is 4.68. The van der Waals surface area contributed by atoms with Crippen LogP contribution in [0.25, 0.3) is 16.9 Å². The third-order valence-corrected chi connectivity index (χ3v) is 6.17. The van der Waals surface area contributed by atoms with Crippen molar-refractivity contribution in [1.82, 2.24) is 24.3 Å². The van der Waals surface area contributed by atoms with Gasteiger partial charge >= 0.3 is 6.18 Å². The number of nitrogens with zero attached hydrogens (tertiary/aromatic N) is 5. The molecule has 1 saturated heterocycles. The molecule has 0 saturated carbocycles. The number of piperidine rings is 1. The lowest BCUT2D eigenvalue weighted by molar-refractivity contribution is -0.141. The Labute approximate surface area is 191 Å². The Morgan fingerprint density at radius 2 is 2.00 bits per heavy atom. The highest BCUT2D eigenvalue weighted by molar-refractivity contribution is 7.88. The third-order valence-electron chi connectivity index (χ3n) is 5.48. The zero-order chi connectivity index (χ0) is 24.7. The standard InChI is InChI=1S/C20H21F5N6O2S/c1-34(32,33)27-9-12-3-2-6-30(11-12)18-8-13(7-16(28-18)20(23,24)25)15-10-26-17-5-4-14(19(21)22)29-31(15)17/h4-5,7-8,10,12,19,27H,2-3,6,9,11H2,1H3. The monoisotopic (exact) mass is 504 g/mol. The van der Waals surface area contributed by atoms with Crippen LogP contribution < -0.4 is 9.62 Å². The molecule has 1 unspecified atom stereocenters. The first-order valence-corrected chi connectivity index (χ1v) is 12.2. The first kappa shape index (κ1) is 24.3.